The Morgan fingerprint density at radius 1 is 1.18 bits per heavy atom. The van der Waals surface area contributed by atoms with Gasteiger partial charge in [0.25, 0.3) is 0 Å². The molecule has 9 nitrogen and oxygen atoms in total. The molecule has 2 amide bonds. The molecule has 1 aliphatic rings. The maximum absolute atomic E-state index is 13.8. The third-order valence-corrected chi connectivity index (χ3v) is 8.43. The van der Waals surface area contributed by atoms with Gasteiger partial charge in [-0.05, 0) is 65.9 Å². The van der Waals surface area contributed by atoms with Gasteiger partial charge in [0.15, 0.2) is 0 Å². The van der Waals surface area contributed by atoms with Gasteiger partial charge in [-0.15, -0.1) is 0 Å². The first-order valence-corrected chi connectivity index (χ1v) is 16.6. The first-order chi connectivity index (χ1) is 18.0. The number of para-hydroxylation sites is 1. The number of fused-ring (bicyclic) bond motifs is 1. The van der Waals surface area contributed by atoms with E-state index in [1.54, 1.807) is 16.8 Å². The summed E-state index contributed by atoms with van der Waals surface area (Å²) >= 11 is 0. The van der Waals surface area contributed by atoms with Crippen molar-refractivity contribution in [3.8, 4) is 0 Å². The van der Waals surface area contributed by atoms with Crippen LogP contribution in [0.2, 0.25) is 0 Å². The fourth-order valence-electron chi connectivity index (χ4n) is 4.58. The molecule has 1 saturated heterocycles. The van der Waals surface area contributed by atoms with Crippen LogP contribution in [0.5, 0.6) is 0 Å². The van der Waals surface area contributed by atoms with Gasteiger partial charge in [-0.25, -0.2) is 19.5 Å². The number of nitrogens with zero attached hydrogens (tertiary/aromatic N) is 4. The molecular formula is C29H48N4O5S. The van der Waals surface area contributed by atoms with E-state index >= 15 is 0 Å². The van der Waals surface area contributed by atoms with Crippen molar-refractivity contribution < 1.29 is 23.8 Å². The third-order valence-electron chi connectivity index (χ3n) is 7.04. The van der Waals surface area contributed by atoms with E-state index in [1.807, 2.05) is 45.4 Å². The predicted octanol–water partition coefficient (Wildman–Crippen LogP) is 4.59. The van der Waals surface area contributed by atoms with E-state index in [2.05, 4.69) is 37.8 Å². The van der Waals surface area contributed by atoms with Crippen molar-refractivity contribution in [3.05, 3.63) is 29.5 Å². The van der Waals surface area contributed by atoms with E-state index in [-0.39, 0.29) is 19.1 Å². The van der Waals surface area contributed by atoms with Crippen molar-refractivity contribution in [1.29, 1.82) is 0 Å². The lowest BCUT2D eigenvalue weighted by molar-refractivity contribution is -0.141. The van der Waals surface area contributed by atoms with Gasteiger partial charge in [0.1, 0.15) is 12.3 Å². The summed E-state index contributed by atoms with van der Waals surface area (Å²) in [5.74, 6) is 0.419. The van der Waals surface area contributed by atoms with Crippen LogP contribution >= 0.6 is 10.0 Å². The molecule has 3 rings (SSSR count). The molecule has 0 bridgehead atoms. The van der Waals surface area contributed by atoms with Gasteiger partial charge in [-0.2, -0.15) is 5.10 Å². The van der Waals surface area contributed by atoms with Gasteiger partial charge in [0, 0.05) is 31.3 Å². The number of aryl methyl sites for hydroxylation is 1. The molecule has 0 spiro atoms. The molecule has 10 heteroatoms. The van der Waals surface area contributed by atoms with Crippen molar-refractivity contribution in [2.45, 2.75) is 59.4 Å². The van der Waals surface area contributed by atoms with Crippen LogP contribution in [0.25, 0.3) is 10.9 Å². The van der Waals surface area contributed by atoms with E-state index in [9.17, 15) is 9.59 Å². The Bertz CT molecular complexity index is 1160. The molecule has 0 N–H and O–H groups in total. The normalized spacial score (nSPS) is 17.7. The Morgan fingerprint density at radius 2 is 1.87 bits per heavy atom. The number of hydrogen-bond acceptors (Lipinski definition) is 6. The summed E-state index contributed by atoms with van der Waals surface area (Å²) in [6.45, 7) is 13.9. The lowest BCUT2D eigenvalue weighted by Gasteiger charge is -2.37. The minimum atomic E-state index is -0.729. The van der Waals surface area contributed by atoms with Gasteiger partial charge in [-0.1, -0.05) is 18.2 Å². The molecule has 1 atom stereocenters. The second-order valence-electron chi connectivity index (χ2n) is 12.8. The standard InChI is InChI=1S/C29H48N4O5S/c1-21-12-11-13-23-24(21)33(20-37-16-17-39(8,9)10)30-25(23)29(5,6)31(7)26(34)22-18-32(14-15-36-19-22)27(35)38-28(2,3)4/h11-13,22H,14-20H2,1-10H3. The topological polar surface area (TPSA) is 86.1 Å². The first kappa shape index (κ1) is 31.2. The maximum Gasteiger partial charge on any atom is 0.410 e. The van der Waals surface area contributed by atoms with Crippen molar-refractivity contribution >= 4 is 32.9 Å². The van der Waals surface area contributed by atoms with Crippen molar-refractivity contribution in [2.75, 3.05) is 64.5 Å². The fraction of sp³-hybridized carbons (Fsp3) is 0.690. The van der Waals surface area contributed by atoms with E-state index in [0.717, 1.165) is 27.9 Å². The summed E-state index contributed by atoms with van der Waals surface area (Å²) < 4.78 is 19.3. The lowest BCUT2D eigenvalue weighted by atomic mass is 9.93. The Hall–Kier alpha value is -2.30. The van der Waals surface area contributed by atoms with Crippen LogP contribution < -0.4 is 0 Å². The predicted molar refractivity (Wildman–Crippen MR) is 159 cm³/mol. The van der Waals surface area contributed by atoms with Gasteiger partial charge in [0.05, 0.1) is 42.5 Å². The average Bonchev–Trinajstić information content (AvgIpc) is 3.02. The molecule has 2 heterocycles. The molecule has 1 aromatic carbocycles. The summed E-state index contributed by atoms with van der Waals surface area (Å²) in [5.41, 5.74) is 1.58. The zero-order chi connectivity index (χ0) is 29.2. The van der Waals surface area contributed by atoms with Crippen LogP contribution in [-0.4, -0.2) is 102 Å². The average molecular weight is 565 g/mol. The van der Waals surface area contributed by atoms with Crippen LogP contribution in [0, 0.1) is 12.8 Å². The summed E-state index contributed by atoms with van der Waals surface area (Å²) in [7, 11) is 1.16. The molecule has 1 aromatic heterocycles. The molecular weight excluding hydrogens is 516 g/mol. The maximum atomic E-state index is 13.8. The van der Waals surface area contributed by atoms with Crippen LogP contribution in [0.4, 0.5) is 4.79 Å². The largest absolute Gasteiger partial charge is 0.444 e. The van der Waals surface area contributed by atoms with Crippen LogP contribution in [-0.2, 0) is 31.3 Å². The lowest BCUT2D eigenvalue weighted by Crippen LogP contribution is -2.49. The number of aromatic nitrogens is 2. The molecule has 1 aliphatic heterocycles. The summed E-state index contributed by atoms with van der Waals surface area (Å²) in [6.07, 6.45) is 6.41. The first-order valence-electron chi connectivity index (χ1n) is 13.5. The third kappa shape index (κ3) is 7.89. The fourth-order valence-corrected chi connectivity index (χ4v) is 5.20. The highest BCUT2D eigenvalue weighted by molar-refractivity contribution is 8.32. The highest BCUT2D eigenvalue weighted by Gasteiger charge is 2.39. The Morgan fingerprint density at radius 3 is 2.51 bits per heavy atom. The number of ether oxygens (including phenoxy) is 3. The van der Waals surface area contributed by atoms with E-state index in [0.29, 0.717) is 26.5 Å². The van der Waals surface area contributed by atoms with Gasteiger partial charge >= 0.3 is 6.09 Å². The smallest absolute Gasteiger partial charge is 0.410 e. The van der Waals surface area contributed by atoms with Gasteiger partial charge in [-0.3, -0.25) is 4.79 Å². The molecule has 0 radical (unpaired) electrons. The van der Waals surface area contributed by atoms with E-state index < -0.39 is 33.2 Å². The Kier molecular flexibility index (Phi) is 9.66. The molecule has 0 saturated carbocycles. The monoisotopic (exact) mass is 564 g/mol. The van der Waals surface area contributed by atoms with Gasteiger partial charge in [0.2, 0.25) is 5.91 Å². The van der Waals surface area contributed by atoms with Gasteiger partial charge < -0.3 is 24.0 Å². The van der Waals surface area contributed by atoms with Crippen molar-refractivity contribution in [1.82, 2.24) is 19.6 Å². The SMILES string of the molecule is Cc1cccc2c(C(C)(C)N(C)C(=O)C3COCCN(C(=O)OC(C)(C)C)C3)nn(COCCS(C)(C)C)c12. The number of rotatable bonds is 8. The number of amides is 2. The van der Waals surface area contributed by atoms with E-state index in [4.69, 9.17) is 19.3 Å². The summed E-state index contributed by atoms with van der Waals surface area (Å²) in [6, 6.07) is 6.14. The van der Waals surface area contributed by atoms with Crippen molar-refractivity contribution in [3.63, 3.8) is 0 Å². The minimum Gasteiger partial charge on any atom is -0.444 e. The molecule has 39 heavy (non-hydrogen) atoms. The second kappa shape index (κ2) is 12.1. The summed E-state index contributed by atoms with van der Waals surface area (Å²) in [4.78, 5) is 29.9. The Labute approximate surface area is 235 Å². The van der Waals surface area contributed by atoms with Crippen molar-refractivity contribution in [2.24, 2.45) is 5.92 Å². The molecule has 220 valence electrons. The Balaban J connectivity index is 1.84. The number of carbonyl (C=O) groups is 2. The molecule has 1 fully saturated rings. The number of benzene rings is 1. The zero-order valence-corrected chi connectivity index (χ0v) is 26.3. The van der Waals surface area contributed by atoms with Crippen LogP contribution in [0.15, 0.2) is 18.2 Å². The van der Waals surface area contributed by atoms with E-state index in [1.165, 1.54) is 0 Å². The number of hydrogen-bond donors (Lipinski definition) is 0. The highest BCUT2D eigenvalue weighted by atomic mass is 32.3. The molecule has 2 aromatic rings. The summed E-state index contributed by atoms with van der Waals surface area (Å²) in [5, 5.41) is 5.99. The molecule has 0 aliphatic carbocycles. The molecule has 1 unspecified atom stereocenters. The zero-order valence-electron chi connectivity index (χ0n) is 25.5. The quantitative estimate of drug-likeness (QED) is 0.436. The van der Waals surface area contributed by atoms with Crippen LogP contribution in [0.1, 0.15) is 45.9 Å². The second-order valence-corrected chi connectivity index (χ2v) is 17.4. The number of carbonyl (C=O) groups excluding carboxylic acids is 2. The van der Waals surface area contributed by atoms with Crippen LogP contribution in [0.3, 0.4) is 0 Å². The minimum absolute atomic E-state index is 0.102. The highest BCUT2D eigenvalue weighted by Crippen LogP contribution is 2.35.